The van der Waals surface area contributed by atoms with Gasteiger partial charge < -0.3 is 0 Å². The number of aryl methyl sites for hydroxylation is 1. The fourth-order valence-corrected chi connectivity index (χ4v) is 2.40. The first-order valence-electron chi connectivity index (χ1n) is 6.51. The maximum Gasteiger partial charge on any atom is 0.195 e. The van der Waals surface area contributed by atoms with Gasteiger partial charge in [0.15, 0.2) is 4.77 Å². The summed E-state index contributed by atoms with van der Waals surface area (Å²) in [6.07, 6.45) is 3.57. The Morgan fingerprint density at radius 3 is 2.56 bits per heavy atom. The summed E-state index contributed by atoms with van der Waals surface area (Å²) in [6, 6.07) is 8.75. The number of aromatic nitrogens is 3. The number of H-pyrrole nitrogens is 1. The van der Waals surface area contributed by atoms with Crippen molar-refractivity contribution >= 4 is 12.2 Å². The van der Waals surface area contributed by atoms with Gasteiger partial charge in [0.1, 0.15) is 5.82 Å². The van der Waals surface area contributed by atoms with Gasteiger partial charge in [-0.15, -0.1) is 0 Å². The summed E-state index contributed by atoms with van der Waals surface area (Å²) in [5.41, 5.74) is 2.66. The molecule has 1 saturated carbocycles. The minimum Gasteiger partial charge on any atom is -0.299 e. The molecule has 94 valence electrons. The van der Waals surface area contributed by atoms with Crippen molar-refractivity contribution in [2.75, 3.05) is 0 Å². The second-order valence-electron chi connectivity index (χ2n) is 4.92. The smallest absolute Gasteiger partial charge is 0.195 e. The highest BCUT2D eigenvalue weighted by molar-refractivity contribution is 7.71. The average molecular weight is 259 g/mol. The number of nitrogens with one attached hydrogen (secondary N) is 1. The van der Waals surface area contributed by atoms with Gasteiger partial charge in [-0.25, -0.2) is 0 Å². The zero-order valence-electron chi connectivity index (χ0n) is 10.5. The van der Waals surface area contributed by atoms with E-state index in [-0.39, 0.29) is 0 Å². The van der Waals surface area contributed by atoms with Crippen LogP contribution in [0.15, 0.2) is 24.3 Å². The third kappa shape index (κ3) is 2.25. The molecule has 0 amide bonds. The van der Waals surface area contributed by atoms with E-state index in [1.54, 1.807) is 0 Å². The summed E-state index contributed by atoms with van der Waals surface area (Å²) < 4.78 is 2.87. The summed E-state index contributed by atoms with van der Waals surface area (Å²) in [5.74, 6) is 1.74. The highest BCUT2D eigenvalue weighted by atomic mass is 32.1. The number of aromatic amines is 1. The summed E-state index contributed by atoms with van der Waals surface area (Å²) in [5, 5.41) is 7.27. The van der Waals surface area contributed by atoms with Gasteiger partial charge in [0.25, 0.3) is 0 Å². The first kappa shape index (κ1) is 11.7. The van der Waals surface area contributed by atoms with E-state index in [1.165, 1.54) is 24.0 Å². The van der Waals surface area contributed by atoms with Gasteiger partial charge in [-0.1, -0.05) is 31.2 Å². The first-order valence-corrected chi connectivity index (χ1v) is 6.91. The van der Waals surface area contributed by atoms with Crippen LogP contribution in [-0.2, 0) is 13.0 Å². The summed E-state index contributed by atoms with van der Waals surface area (Å²) >= 11 is 5.31. The third-order valence-corrected chi connectivity index (χ3v) is 3.81. The lowest BCUT2D eigenvalue weighted by molar-refractivity contribution is 0.718. The third-order valence-electron chi connectivity index (χ3n) is 3.50. The van der Waals surface area contributed by atoms with Crippen LogP contribution < -0.4 is 0 Å². The van der Waals surface area contributed by atoms with E-state index in [1.807, 2.05) is 0 Å². The molecule has 0 saturated heterocycles. The highest BCUT2D eigenvalue weighted by Crippen LogP contribution is 2.38. The van der Waals surface area contributed by atoms with Crippen LogP contribution in [-0.4, -0.2) is 14.8 Å². The molecule has 0 bridgehead atoms. The molecule has 0 spiro atoms. The molecule has 1 heterocycles. The number of rotatable bonds is 4. The Kier molecular flexibility index (Phi) is 3.04. The van der Waals surface area contributed by atoms with Crippen molar-refractivity contribution in [3.05, 3.63) is 46.0 Å². The normalized spacial score (nSPS) is 14.9. The maximum atomic E-state index is 5.31. The number of hydrogen-bond donors (Lipinski definition) is 1. The van der Waals surface area contributed by atoms with Crippen molar-refractivity contribution in [3.63, 3.8) is 0 Å². The van der Waals surface area contributed by atoms with E-state index < -0.39 is 0 Å². The lowest BCUT2D eigenvalue weighted by Crippen LogP contribution is -2.04. The standard InChI is InChI=1S/C14H17N3S/c1-2-10-3-5-11(6-4-10)9-17-13(12-7-8-12)15-16-14(17)18/h3-6,12H,2,7-9H2,1H3,(H,16,18). The van der Waals surface area contributed by atoms with Crippen LogP contribution in [0.4, 0.5) is 0 Å². The summed E-state index contributed by atoms with van der Waals surface area (Å²) in [6.45, 7) is 3.00. The van der Waals surface area contributed by atoms with Crippen molar-refractivity contribution in [2.45, 2.75) is 38.6 Å². The molecule has 1 N–H and O–H groups in total. The largest absolute Gasteiger partial charge is 0.299 e. The zero-order valence-corrected chi connectivity index (χ0v) is 11.3. The fraction of sp³-hybridized carbons (Fsp3) is 0.429. The summed E-state index contributed by atoms with van der Waals surface area (Å²) in [4.78, 5) is 0. The lowest BCUT2D eigenvalue weighted by Gasteiger charge is -2.07. The molecule has 1 aliphatic carbocycles. The predicted octanol–water partition coefficient (Wildman–Crippen LogP) is 3.43. The molecule has 1 aromatic heterocycles. The second kappa shape index (κ2) is 4.69. The number of benzene rings is 1. The first-order chi connectivity index (χ1) is 8.78. The van der Waals surface area contributed by atoms with Gasteiger partial charge in [0, 0.05) is 5.92 Å². The maximum absolute atomic E-state index is 5.31. The minimum atomic E-state index is 0.618. The van der Waals surface area contributed by atoms with Crippen LogP contribution in [0.3, 0.4) is 0 Å². The Morgan fingerprint density at radius 1 is 1.28 bits per heavy atom. The molecule has 0 aliphatic heterocycles. The van der Waals surface area contributed by atoms with E-state index >= 15 is 0 Å². The van der Waals surface area contributed by atoms with Gasteiger partial charge in [0.2, 0.25) is 0 Å². The van der Waals surface area contributed by atoms with Crippen molar-refractivity contribution < 1.29 is 0 Å². The van der Waals surface area contributed by atoms with Crippen LogP contribution in [0, 0.1) is 4.77 Å². The van der Waals surface area contributed by atoms with E-state index in [0.717, 1.165) is 23.6 Å². The topological polar surface area (TPSA) is 33.6 Å². The molecule has 1 aromatic carbocycles. The summed E-state index contributed by atoms with van der Waals surface area (Å²) in [7, 11) is 0. The molecule has 1 aliphatic rings. The Labute approximate surface area is 112 Å². The monoisotopic (exact) mass is 259 g/mol. The van der Waals surface area contributed by atoms with Crippen LogP contribution in [0.5, 0.6) is 0 Å². The second-order valence-corrected chi connectivity index (χ2v) is 5.30. The predicted molar refractivity (Wildman–Crippen MR) is 74.3 cm³/mol. The van der Waals surface area contributed by atoms with E-state index in [4.69, 9.17) is 12.2 Å². The van der Waals surface area contributed by atoms with Crippen LogP contribution in [0.25, 0.3) is 0 Å². The van der Waals surface area contributed by atoms with Gasteiger partial charge in [0.05, 0.1) is 6.54 Å². The Hall–Kier alpha value is -1.42. The highest BCUT2D eigenvalue weighted by Gasteiger charge is 2.28. The molecule has 4 heteroatoms. The molecule has 2 aromatic rings. The van der Waals surface area contributed by atoms with Gasteiger partial charge >= 0.3 is 0 Å². The Balaban J connectivity index is 1.86. The average Bonchev–Trinajstić information content (AvgIpc) is 3.17. The number of hydrogen-bond acceptors (Lipinski definition) is 2. The van der Waals surface area contributed by atoms with Crippen molar-refractivity contribution in [1.29, 1.82) is 0 Å². The molecule has 0 unspecified atom stereocenters. The zero-order chi connectivity index (χ0) is 12.5. The van der Waals surface area contributed by atoms with Crippen LogP contribution in [0.2, 0.25) is 0 Å². The molecule has 3 rings (SSSR count). The fourth-order valence-electron chi connectivity index (χ4n) is 2.20. The molecular formula is C14H17N3S. The molecule has 1 fully saturated rings. The van der Waals surface area contributed by atoms with E-state index in [0.29, 0.717) is 5.92 Å². The van der Waals surface area contributed by atoms with E-state index in [9.17, 15) is 0 Å². The molecule has 0 radical (unpaired) electrons. The molecule has 18 heavy (non-hydrogen) atoms. The van der Waals surface area contributed by atoms with E-state index in [2.05, 4.69) is 46.0 Å². The van der Waals surface area contributed by atoms with Crippen molar-refractivity contribution in [2.24, 2.45) is 0 Å². The van der Waals surface area contributed by atoms with Crippen molar-refractivity contribution in [1.82, 2.24) is 14.8 Å². The quantitative estimate of drug-likeness (QED) is 0.853. The molecule has 3 nitrogen and oxygen atoms in total. The van der Waals surface area contributed by atoms with Crippen LogP contribution in [0.1, 0.15) is 42.6 Å². The SMILES string of the molecule is CCc1ccc(Cn2c(C3CC3)n[nH]c2=S)cc1. The Bertz CT molecular complexity index is 590. The van der Waals surface area contributed by atoms with Gasteiger partial charge in [-0.05, 0) is 42.6 Å². The van der Waals surface area contributed by atoms with Crippen LogP contribution >= 0.6 is 12.2 Å². The molecule has 0 atom stereocenters. The lowest BCUT2D eigenvalue weighted by atomic mass is 10.1. The Morgan fingerprint density at radius 2 is 1.94 bits per heavy atom. The van der Waals surface area contributed by atoms with Gasteiger partial charge in [-0.3, -0.25) is 9.67 Å². The van der Waals surface area contributed by atoms with Gasteiger partial charge in [-0.2, -0.15) is 5.10 Å². The van der Waals surface area contributed by atoms with Crippen molar-refractivity contribution in [3.8, 4) is 0 Å². The number of nitrogens with zero attached hydrogens (tertiary/aromatic N) is 2. The minimum absolute atomic E-state index is 0.618. The molecular weight excluding hydrogens is 242 g/mol.